The molecule has 0 aliphatic carbocycles. The molecule has 2 heterocycles. The lowest BCUT2D eigenvalue weighted by molar-refractivity contribution is 0.0741. The van der Waals surface area contributed by atoms with Crippen molar-refractivity contribution < 1.29 is 14.3 Å². The van der Waals surface area contributed by atoms with E-state index in [9.17, 15) is 4.79 Å². The Morgan fingerprint density at radius 3 is 2.33 bits per heavy atom. The number of hydrogen-bond donors (Lipinski definition) is 0. The summed E-state index contributed by atoms with van der Waals surface area (Å²) >= 11 is 0. The molecule has 1 amide bonds. The number of ether oxygens (including phenoxy) is 2. The second-order valence-corrected chi connectivity index (χ2v) is 9.79. The van der Waals surface area contributed by atoms with Crippen LogP contribution >= 0.6 is 0 Å². The first-order valence-electron chi connectivity index (χ1n) is 13.6. The smallest absolute Gasteiger partial charge is 0.274 e. The van der Waals surface area contributed by atoms with E-state index in [1.807, 2.05) is 71.1 Å². The predicted molar refractivity (Wildman–Crippen MR) is 159 cm³/mol. The molecule has 6 rings (SSSR count). The molecule has 202 valence electrons. The molecule has 0 atom stereocenters. The van der Waals surface area contributed by atoms with Gasteiger partial charge in [-0.1, -0.05) is 36.4 Å². The molecule has 0 saturated carbocycles. The minimum absolute atomic E-state index is 0.0624. The average molecular weight is 533 g/mol. The number of fused-ring (bicyclic) bond motifs is 1. The Hall–Kier alpha value is -4.78. The zero-order chi connectivity index (χ0) is 27.5. The van der Waals surface area contributed by atoms with E-state index in [0.29, 0.717) is 31.2 Å². The van der Waals surface area contributed by atoms with Gasteiger partial charge in [-0.25, -0.2) is 4.98 Å². The molecule has 5 aromatic rings. The first-order valence-corrected chi connectivity index (χ1v) is 13.6. The molecule has 0 spiro atoms. The molecule has 0 N–H and O–H groups in total. The van der Waals surface area contributed by atoms with Gasteiger partial charge in [0.2, 0.25) is 0 Å². The lowest BCUT2D eigenvalue weighted by Gasteiger charge is -2.36. The van der Waals surface area contributed by atoms with Crippen LogP contribution in [-0.4, -0.2) is 60.3 Å². The van der Waals surface area contributed by atoms with Gasteiger partial charge in [-0.2, -0.15) is 0 Å². The summed E-state index contributed by atoms with van der Waals surface area (Å²) in [5.41, 5.74) is 3.38. The summed E-state index contributed by atoms with van der Waals surface area (Å²) in [5.74, 6) is 2.16. The Kier molecular flexibility index (Phi) is 7.10. The van der Waals surface area contributed by atoms with Crippen molar-refractivity contribution in [3.63, 3.8) is 0 Å². The minimum atomic E-state index is -0.0624. The van der Waals surface area contributed by atoms with Gasteiger partial charge >= 0.3 is 0 Å². The Bertz CT molecular complexity index is 1640. The number of rotatable bonds is 7. The van der Waals surface area contributed by atoms with Crippen molar-refractivity contribution in [2.24, 2.45) is 0 Å². The molecule has 1 saturated heterocycles. The maximum absolute atomic E-state index is 13.7. The SMILES string of the molecule is CCOc1cccc(-n2cc(C(=O)N3CCN(c4ccc5ccccc5c4)CC3)nc2-c2ccc(OC)cc2)c1. The standard InChI is InChI=1S/C33H32N4O3/c1-3-40-30-10-6-9-28(22-30)37-23-31(34-32(37)25-12-15-29(39-2)16-13-25)33(38)36-19-17-35(18-20-36)27-14-11-24-7-4-5-8-26(24)21-27/h4-16,21-23H,3,17-20H2,1-2H3. The monoisotopic (exact) mass is 532 g/mol. The summed E-state index contributed by atoms with van der Waals surface area (Å²) in [7, 11) is 1.64. The summed E-state index contributed by atoms with van der Waals surface area (Å²) in [6.07, 6.45) is 1.84. The number of nitrogens with zero attached hydrogens (tertiary/aromatic N) is 4. The van der Waals surface area contributed by atoms with Crippen LogP contribution in [0.2, 0.25) is 0 Å². The third-order valence-corrected chi connectivity index (χ3v) is 7.35. The van der Waals surface area contributed by atoms with Crippen molar-refractivity contribution in [2.45, 2.75) is 6.92 Å². The van der Waals surface area contributed by atoms with Gasteiger partial charge in [-0.3, -0.25) is 9.36 Å². The number of imidazole rings is 1. The van der Waals surface area contributed by atoms with Gasteiger partial charge in [-0.15, -0.1) is 0 Å². The number of amides is 1. The highest BCUT2D eigenvalue weighted by Gasteiger charge is 2.26. The maximum Gasteiger partial charge on any atom is 0.274 e. The van der Waals surface area contributed by atoms with E-state index < -0.39 is 0 Å². The molecule has 0 radical (unpaired) electrons. The van der Waals surface area contributed by atoms with Crippen LogP contribution in [0.25, 0.3) is 27.8 Å². The van der Waals surface area contributed by atoms with Crippen LogP contribution in [-0.2, 0) is 0 Å². The van der Waals surface area contributed by atoms with Gasteiger partial charge in [0.1, 0.15) is 23.0 Å². The third-order valence-electron chi connectivity index (χ3n) is 7.35. The number of piperazine rings is 1. The number of aromatic nitrogens is 2. The summed E-state index contributed by atoms with van der Waals surface area (Å²) in [6.45, 7) is 5.35. The molecule has 7 nitrogen and oxygen atoms in total. The van der Waals surface area contributed by atoms with Gasteiger partial charge in [0.05, 0.1) is 19.4 Å². The topological polar surface area (TPSA) is 59.8 Å². The van der Waals surface area contributed by atoms with Gasteiger partial charge in [0.15, 0.2) is 0 Å². The Balaban J connectivity index is 1.26. The van der Waals surface area contributed by atoms with Gasteiger partial charge in [0, 0.05) is 49.7 Å². The molecule has 1 aliphatic rings. The quantitative estimate of drug-likeness (QED) is 0.255. The van der Waals surface area contributed by atoms with Gasteiger partial charge < -0.3 is 19.3 Å². The Labute approximate surface area is 234 Å². The number of hydrogen-bond acceptors (Lipinski definition) is 5. The first-order chi connectivity index (χ1) is 19.6. The fraction of sp³-hybridized carbons (Fsp3) is 0.212. The second-order valence-electron chi connectivity index (χ2n) is 9.79. The molecule has 0 unspecified atom stereocenters. The van der Waals surface area contributed by atoms with E-state index in [1.165, 1.54) is 16.5 Å². The summed E-state index contributed by atoms with van der Waals surface area (Å²) in [5, 5.41) is 2.46. The highest BCUT2D eigenvalue weighted by atomic mass is 16.5. The highest BCUT2D eigenvalue weighted by Crippen LogP contribution is 2.28. The van der Waals surface area contributed by atoms with Gasteiger partial charge in [0.25, 0.3) is 5.91 Å². The van der Waals surface area contributed by atoms with Crippen molar-refractivity contribution in [1.82, 2.24) is 14.5 Å². The number of carbonyl (C=O) groups is 1. The fourth-order valence-electron chi connectivity index (χ4n) is 5.22. The maximum atomic E-state index is 13.7. The van der Waals surface area contributed by atoms with E-state index in [-0.39, 0.29) is 5.91 Å². The summed E-state index contributed by atoms with van der Waals surface area (Å²) < 4.78 is 13.0. The number of benzene rings is 4. The van der Waals surface area contributed by atoms with E-state index in [0.717, 1.165) is 35.8 Å². The highest BCUT2D eigenvalue weighted by molar-refractivity contribution is 5.93. The molecule has 40 heavy (non-hydrogen) atoms. The molecule has 0 bridgehead atoms. The predicted octanol–water partition coefficient (Wildman–Crippen LogP) is 6.06. The minimum Gasteiger partial charge on any atom is -0.497 e. The van der Waals surface area contributed by atoms with E-state index in [1.54, 1.807) is 7.11 Å². The van der Waals surface area contributed by atoms with Crippen molar-refractivity contribution in [1.29, 1.82) is 0 Å². The third kappa shape index (κ3) is 5.10. The van der Waals surface area contributed by atoms with Crippen molar-refractivity contribution >= 4 is 22.4 Å². The largest absolute Gasteiger partial charge is 0.497 e. The number of methoxy groups -OCH3 is 1. The molecular weight excluding hydrogens is 500 g/mol. The van der Waals surface area contributed by atoms with Crippen LogP contribution in [0.1, 0.15) is 17.4 Å². The van der Waals surface area contributed by atoms with E-state index in [2.05, 4.69) is 47.4 Å². The average Bonchev–Trinajstić information content (AvgIpc) is 3.47. The molecule has 7 heteroatoms. The van der Waals surface area contributed by atoms with E-state index in [4.69, 9.17) is 14.5 Å². The Morgan fingerprint density at radius 1 is 0.800 bits per heavy atom. The zero-order valence-electron chi connectivity index (χ0n) is 22.8. The summed E-state index contributed by atoms with van der Waals surface area (Å²) in [6, 6.07) is 30.5. The molecule has 1 aromatic heterocycles. The van der Waals surface area contributed by atoms with Crippen LogP contribution < -0.4 is 14.4 Å². The van der Waals surface area contributed by atoms with Crippen LogP contribution in [0.4, 0.5) is 5.69 Å². The van der Waals surface area contributed by atoms with Crippen LogP contribution in [0.15, 0.2) is 97.2 Å². The zero-order valence-corrected chi connectivity index (χ0v) is 22.8. The lowest BCUT2D eigenvalue weighted by Crippen LogP contribution is -2.48. The fourth-order valence-corrected chi connectivity index (χ4v) is 5.22. The van der Waals surface area contributed by atoms with Gasteiger partial charge in [-0.05, 0) is 66.2 Å². The normalized spacial score (nSPS) is 13.4. The van der Waals surface area contributed by atoms with Crippen LogP contribution in [0.3, 0.4) is 0 Å². The number of carbonyl (C=O) groups excluding carboxylic acids is 1. The molecule has 4 aromatic carbocycles. The first kappa shape index (κ1) is 25.5. The molecule has 1 aliphatic heterocycles. The van der Waals surface area contributed by atoms with Crippen molar-refractivity contribution in [3.8, 4) is 28.6 Å². The Morgan fingerprint density at radius 2 is 1.57 bits per heavy atom. The van der Waals surface area contributed by atoms with E-state index >= 15 is 0 Å². The lowest BCUT2D eigenvalue weighted by atomic mass is 10.1. The van der Waals surface area contributed by atoms with Crippen LogP contribution in [0, 0.1) is 0 Å². The molecule has 1 fully saturated rings. The van der Waals surface area contributed by atoms with Crippen molar-refractivity contribution in [3.05, 3.63) is 103 Å². The molecular formula is C33H32N4O3. The van der Waals surface area contributed by atoms with Crippen molar-refractivity contribution in [2.75, 3.05) is 44.8 Å². The summed E-state index contributed by atoms with van der Waals surface area (Å²) in [4.78, 5) is 22.8. The van der Waals surface area contributed by atoms with Crippen LogP contribution in [0.5, 0.6) is 11.5 Å². The number of anilines is 1. The second kappa shape index (κ2) is 11.1.